The second-order valence-corrected chi connectivity index (χ2v) is 5.70. The molecule has 0 fully saturated rings. The zero-order valence-electron chi connectivity index (χ0n) is 14.7. The van der Waals surface area contributed by atoms with Gasteiger partial charge in [-0.15, -0.1) is 24.0 Å². The summed E-state index contributed by atoms with van der Waals surface area (Å²) in [6.07, 6.45) is 4.72. The molecule has 1 aromatic carbocycles. The number of guanidine groups is 1. The number of rotatable bonds is 7. The van der Waals surface area contributed by atoms with Crippen LogP contribution in [0.5, 0.6) is 0 Å². The normalized spacial score (nSPS) is 11.0. The average Bonchev–Trinajstić information content (AvgIpc) is 2.99. The third kappa shape index (κ3) is 7.33. The first-order chi connectivity index (χ1) is 11.2. The average molecular weight is 441 g/mol. The summed E-state index contributed by atoms with van der Waals surface area (Å²) in [4.78, 5) is 4.65. The van der Waals surface area contributed by atoms with Crippen LogP contribution >= 0.6 is 24.0 Å². The van der Waals surface area contributed by atoms with Crippen molar-refractivity contribution >= 4 is 29.9 Å². The van der Waals surface area contributed by atoms with E-state index < -0.39 is 0 Å². The molecule has 1 heterocycles. The molecule has 0 radical (unpaired) electrons. The number of benzene rings is 1. The zero-order valence-corrected chi connectivity index (χ0v) is 17.1. The Morgan fingerprint density at radius 2 is 1.92 bits per heavy atom. The molecule has 0 amide bonds. The topological polar surface area (TPSA) is 54.2 Å². The van der Waals surface area contributed by atoms with Crippen LogP contribution in [0.15, 0.2) is 41.7 Å². The fourth-order valence-electron chi connectivity index (χ4n) is 2.57. The van der Waals surface area contributed by atoms with Gasteiger partial charge in [-0.3, -0.25) is 9.67 Å². The van der Waals surface area contributed by atoms with Crippen molar-refractivity contribution in [2.75, 3.05) is 19.6 Å². The van der Waals surface area contributed by atoms with Crippen molar-refractivity contribution in [1.82, 2.24) is 20.4 Å². The molecule has 0 aliphatic rings. The lowest BCUT2D eigenvalue weighted by Gasteiger charge is -2.11. The number of aliphatic imine (C=N–C) groups is 1. The van der Waals surface area contributed by atoms with Crippen LogP contribution in [0, 0.1) is 13.8 Å². The monoisotopic (exact) mass is 441 g/mol. The lowest BCUT2D eigenvalue weighted by atomic mass is 10.1. The molecule has 2 rings (SSSR count). The third-order valence-corrected chi connectivity index (χ3v) is 3.49. The molecule has 0 bridgehead atoms. The number of hydrogen-bond acceptors (Lipinski definition) is 2. The maximum atomic E-state index is 4.65. The molecule has 0 aliphatic heterocycles. The van der Waals surface area contributed by atoms with Gasteiger partial charge in [0, 0.05) is 32.0 Å². The summed E-state index contributed by atoms with van der Waals surface area (Å²) < 4.78 is 1.91. The molecule has 6 heteroatoms. The number of nitrogens with zero attached hydrogens (tertiary/aromatic N) is 3. The van der Waals surface area contributed by atoms with Gasteiger partial charge in [0.25, 0.3) is 0 Å². The Morgan fingerprint density at radius 3 is 2.54 bits per heavy atom. The second-order valence-electron chi connectivity index (χ2n) is 5.70. The van der Waals surface area contributed by atoms with Crippen molar-refractivity contribution in [1.29, 1.82) is 0 Å². The van der Waals surface area contributed by atoms with Crippen molar-refractivity contribution in [3.05, 3.63) is 53.3 Å². The van der Waals surface area contributed by atoms with E-state index >= 15 is 0 Å². The van der Waals surface area contributed by atoms with E-state index in [-0.39, 0.29) is 24.0 Å². The molecule has 0 aliphatic carbocycles. The smallest absolute Gasteiger partial charge is 0.191 e. The number of nitrogens with one attached hydrogen (secondary N) is 2. The maximum absolute atomic E-state index is 4.65. The molecule has 0 atom stereocenters. The summed E-state index contributed by atoms with van der Waals surface area (Å²) >= 11 is 0. The van der Waals surface area contributed by atoms with Crippen LogP contribution in [-0.2, 0) is 13.0 Å². The molecule has 5 nitrogen and oxygen atoms in total. The Labute approximate surface area is 162 Å². The first-order valence-corrected chi connectivity index (χ1v) is 8.24. The van der Waals surface area contributed by atoms with Gasteiger partial charge < -0.3 is 10.6 Å². The van der Waals surface area contributed by atoms with Crippen LogP contribution in [0.1, 0.15) is 23.6 Å². The third-order valence-electron chi connectivity index (χ3n) is 3.49. The van der Waals surface area contributed by atoms with Gasteiger partial charge >= 0.3 is 0 Å². The highest BCUT2D eigenvalue weighted by molar-refractivity contribution is 14.0. The number of hydrogen-bond donors (Lipinski definition) is 2. The quantitative estimate of drug-likeness (QED) is 0.395. The minimum Gasteiger partial charge on any atom is -0.357 e. The SMILES string of the molecule is CCNC(=NCCc1cc(C)cc(C)c1)NCCn1cccn1.I. The van der Waals surface area contributed by atoms with Crippen LogP contribution in [-0.4, -0.2) is 35.4 Å². The predicted octanol–water partition coefficient (Wildman–Crippen LogP) is 2.92. The van der Waals surface area contributed by atoms with Crippen LogP contribution in [0.4, 0.5) is 0 Å². The standard InChI is InChI=1S/C18H27N5.HI/c1-4-19-18(21-9-11-23-10-5-7-22-23)20-8-6-17-13-15(2)12-16(3)14-17;/h5,7,10,12-14H,4,6,8-9,11H2,1-3H3,(H2,19,20,21);1H. The largest absolute Gasteiger partial charge is 0.357 e. The summed E-state index contributed by atoms with van der Waals surface area (Å²) in [6.45, 7) is 9.62. The van der Waals surface area contributed by atoms with E-state index in [4.69, 9.17) is 0 Å². The number of aromatic nitrogens is 2. The molecular weight excluding hydrogens is 413 g/mol. The lowest BCUT2D eigenvalue weighted by molar-refractivity contribution is 0.598. The molecule has 0 spiro atoms. The Balaban J connectivity index is 0.00000288. The molecule has 132 valence electrons. The number of halogens is 1. The van der Waals surface area contributed by atoms with E-state index in [1.165, 1.54) is 16.7 Å². The van der Waals surface area contributed by atoms with Gasteiger partial charge in [-0.05, 0) is 38.8 Å². The van der Waals surface area contributed by atoms with Crippen LogP contribution in [0.25, 0.3) is 0 Å². The molecule has 0 unspecified atom stereocenters. The van der Waals surface area contributed by atoms with Gasteiger partial charge in [-0.1, -0.05) is 29.3 Å². The van der Waals surface area contributed by atoms with Crippen molar-refractivity contribution in [2.45, 2.75) is 33.7 Å². The molecule has 2 aromatic rings. The Kier molecular flexibility index (Phi) is 9.44. The first-order valence-electron chi connectivity index (χ1n) is 8.24. The van der Waals surface area contributed by atoms with Crippen molar-refractivity contribution < 1.29 is 0 Å². The summed E-state index contributed by atoms with van der Waals surface area (Å²) in [6, 6.07) is 8.61. The van der Waals surface area contributed by atoms with Crippen molar-refractivity contribution in [2.24, 2.45) is 4.99 Å². The Morgan fingerprint density at radius 1 is 1.17 bits per heavy atom. The molecule has 0 saturated heterocycles. The molecule has 1 aromatic heterocycles. The highest BCUT2D eigenvalue weighted by atomic mass is 127. The summed E-state index contributed by atoms with van der Waals surface area (Å²) in [5.74, 6) is 0.865. The Hall–Kier alpha value is -1.57. The Bertz CT molecular complexity index is 602. The highest BCUT2D eigenvalue weighted by Gasteiger charge is 1.99. The maximum Gasteiger partial charge on any atom is 0.191 e. The molecule has 2 N–H and O–H groups in total. The minimum atomic E-state index is 0. The van der Waals surface area contributed by atoms with E-state index in [9.17, 15) is 0 Å². The van der Waals surface area contributed by atoms with E-state index in [1.54, 1.807) is 6.20 Å². The molecular formula is C18H28IN5. The van der Waals surface area contributed by atoms with E-state index in [0.29, 0.717) is 0 Å². The second kappa shape index (κ2) is 11.1. The van der Waals surface area contributed by atoms with Gasteiger partial charge in [-0.2, -0.15) is 5.10 Å². The zero-order chi connectivity index (χ0) is 16.5. The van der Waals surface area contributed by atoms with Crippen LogP contribution < -0.4 is 10.6 Å². The lowest BCUT2D eigenvalue weighted by Crippen LogP contribution is -2.39. The summed E-state index contributed by atoms with van der Waals surface area (Å²) in [5.41, 5.74) is 3.97. The molecule has 0 saturated carbocycles. The van der Waals surface area contributed by atoms with Gasteiger partial charge in [0.05, 0.1) is 6.54 Å². The van der Waals surface area contributed by atoms with Crippen LogP contribution in [0.3, 0.4) is 0 Å². The van der Waals surface area contributed by atoms with Gasteiger partial charge in [-0.25, -0.2) is 0 Å². The molecule has 24 heavy (non-hydrogen) atoms. The summed E-state index contributed by atoms with van der Waals surface area (Å²) in [5, 5.41) is 10.8. The highest BCUT2D eigenvalue weighted by Crippen LogP contribution is 2.09. The van der Waals surface area contributed by atoms with E-state index in [0.717, 1.165) is 38.6 Å². The van der Waals surface area contributed by atoms with Crippen LogP contribution in [0.2, 0.25) is 0 Å². The van der Waals surface area contributed by atoms with Gasteiger partial charge in [0.1, 0.15) is 0 Å². The summed E-state index contributed by atoms with van der Waals surface area (Å²) in [7, 11) is 0. The van der Waals surface area contributed by atoms with Gasteiger partial charge in [0.15, 0.2) is 5.96 Å². The van der Waals surface area contributed by atoms with E-state index in [1.807, 2.05) is 16.9 Å². The van der Waals surface area contributed by atoms with Crippen molar-refractivity contribution in [3.8, 4) is 0 Å². The number of aryl methyl sites for hydroxylation is 2. The van der Waals surface area contributed by atoms with Gasteiger partial charge in [0.2, 0.25) is 0 Å². The fraction of sp³-hybridized carbons (Fsp3) is 0.444. The fourth-order valence-corrected chi connectivity index (χ4v) is 2.57. The minimum absolute atomic E-state index is 0. The van der Waals surface area contributed by atoms with E-state index in [2.05, 4.69) is 59.7 Å². The first kappa shape index (κ1) is 20.5. The predicted molar refractivity (Wildman–Crippen MR) is 111 cm³/mol. The van der Waals surface area contributed by atoms with Crippen molar-refractivity contribution in [3.63, 3.8) is 0 Å².